The summed E-state index contributed by atoms with van der Waals surface area (Å²) in [4.78, 5) is 14.3. The van der Waals surface area contributed by atoms with Crippen LogP contribution in [0.15, 0.2) is 24.3 Å². The standard InChI is InChI=1S/C21H32N4O/c1-14(2)19-18(21(26)22-12-13-24(6)7)20(15(3)4)25(23-19)17-11-9-8-10-16(17)5/h8-11,14-15H,12-13H2,1-7H3,(H,22,26)/p+1. The van der Waals surface area contributed by atoms with Crippen LogP contribution in [0.1, 0.15) is 66.8 Å². The fourth-order valence-electron chi connectivity index (χ4n) is 3.12. The molecular weight excluding hydrogens is 324 g/mol. The molecule has 2 aromatic rings. The Morgan fingerprint density at radius 1 is 1.15 bits per heavy atom. The Morgan fingerprint density at radius 3 is 2.35 bits per heavy atom. The lowest BCUT2D eigenvalue weighted by Gasteiger charge is -2.15. The van der Waals surface area contributed by atoms with Crippen LogP contribution in [0.25, 0.3) is 5.69 Å². The van der Waals surface area contributed by atoms with Gasteiger partial charge in [-0.05, 0) is 30.4 Å². The highest BCUT2D eigenvalue weighted by Gasteiger charge is 2.28. The quantitative estimate of drug-likeness (QED) is 0.799. The Hall–Kier alpha value is -2.14. The fourth-order valence-corrected chi connectivity index (χ4v) is 3.12. The molecule has 0 aliphatic heterocycles. The lowest BCUT2D eigenvalue weighted by molar-refractivity contribution is -0.856. The minimum Gasteiger partial charge on any atom is -0.346 e. The van der Waals surface area contributed by atoms with Crippen LogP contribution in [0.5, 0.6) is 0 Å². The maximum absolute atomic E-state index is 13.0. The third-order valence-corrected chi connectivity index (χ3v) is 4.52. The van der Waals surface area contributed by atoms with Crippen molar-refractivity contribution in [2.45, 2.75) is 46.5 Å². The van der Waals surface area contributed by atoms with Crippen molar-refractivity contribution in [3.05, 3.63) is 46.8 Å². The molecule has 1 aromatic heterocycles. The topological polar surface area (TPSA) is 51.4 Å². The first-order valence-corrected chi connectivity index (χ1v) is 9.50. The van der Waals surface area contributed by atoms with Crippen molar-refractivity contribution >= 4 is 5.91 Å². The number of nitrogens with one attached hydrogen (secondary N) is 2. The average Bonchev–Trinajstić information content (AvgIpc) is 2.95. The zero-order chi connectivity index (χ0) is 19.4. The number of hydrogen-bond acceptors (Lipinski definition) is 2. The molecule has 0 aliphatic carbocycles. The van der Waals surface area contributed by atoms with Crippen LogP contribution in [-0.2, 0) is 0 Å². The van der Waals surface area contributed by atoms with Crippen LogP contribution in [0.4, 0.5) is 0 Å². The average molecular weight is 358 g/mol. The maximum atomic E-state index is 13.0. The van der Waals surface area contributed by atoms with E-state index in [0.29, 0.717) is 6.54 Å². The molecule has 26 heavy (non-hydrogen) atoms. The predicted molar refractivity (Wildman–Crippen MR) is 106 cm³/mol. The van der Waals surface area contributed by atoms with Crippen LogP contribution >= 0.6 is 0 Å². The molecule has 1 aromatic carbocycles. The second kappa shape index (κ2) is 8.49. The molecule has 0 saturated carbocycles. The maximum Gasteiger partial charge on any atom is 0.255 e. The van der Waals surface area contributed by atoms with Gasteiger partial charge in [0, 0.05) is 0 Å². The third-order valence-electron chi connectivity index (χ3n) is 4.52. The molecular formula is C21H33N4O+. The number of carbonyl (C=O) groups excluding carboxylic acids is 1. The Kier molecular flexibility index (Phi) is 6.59. The van der Waals surface area contributed by atoms with Gasteiger partial charge in [-0.25, -0.2) is 4.68 Å². The number of carbonyl (C=O) groups is 1. The van der Waals surface area contributed by atoms with Crippen molar-refractivity contribution in [1.82, 2.24) is 15.1 Å². The molecule has 5 heteroatoms. The van der Waals surface area contributed by atoms with Gasteiger partial charge in [0.25, 0.3) is 5.91 Å². The van der Waals surface area contributed by atoms with Crippen LogP contribution in [0.2, 0.25) is 0 Å². The SMILES string of the molecule is Cc1ccccc1-n1nc(C(C)C)c(C(=O)NCC[NH+](C)C)c1C(C)C. The van der Waals surface area contributed by atoms with E-state index in [4.69, 9.17) is 5.10 Å². The van der Waals surface area contributed by atoms with Crippen LogP contribution < -0.4 is 10.2 Å². The molecule has 0 bridgehead atoms. The lowest BCUT2D eigenvalue weighted by Crippen LogP contribution is -3.06. The molecule has 2 rings (SSSR count). The van der Waals surface area contributed by atoms with Gasteiger partial charge < -0.3 is 10.2 Å². The van der Waals surface area contributed by atoms with Gasteiger partial charge in [-0.1, -0.05) is 45.9 Å². The first-order valence-electron chi connectivity index (χ1n) is 9.50. The number of nitrogens with zero attached hydrogens (tertiary/aromatic N) is 2. The minimum atomic E-state index is -0.0153. The first-order chi connectivity index (χ1) is 12.2. The number of rotatable bonds is 7. The van der Waals surface area contributed by atoms with Crippen molar-refractivity contribution in [1.29, 1.82) is 0 Å². The van der Waals surface area contributed by atoms with Gasteiger partial charge in [-0.2, -0.15) is 5.10 Å². The van der Waals surface area contributed by atoms with Gasteiger partial charge in [0.2, 0.25) is 0 Å². The van der Waals surface area contributed by atoms with Crippen LogP contribution in [0.3, 0.4) is 0 Å². The largest absolute Gasteiger partial charge is 0.346 e. The van der Waals surface area contributed by atoms with Gasteiger partial charge >= 0.3 is 0 Å². The third kappa shape index (κ3) is 4.33. The van der Waals surface area contributed by atoms with Crippen molar-refractivity contribution in [2.75, 3.05) is 27.2 Å². The van der Waals surface area contributed by atoms with E-state index in [0.717, 1.165) is 34.7 Å². The number of hydrogen-bond donors (Lipinski definition) is 2. The van der Waals surface area contributed by atoms with E-state index in [1.165, 1.54) is 4.90 Å². The molecule has 1 amide bonds. The highest BCUT2D eigenvalue weighted by Crippen LogP contribution is 2.30. The number of para-hydroxylation sites is 1. The monoisotopic (exact) mass is 357 g/mol. The lowest BCUT2D eigenvalue weighted by atomic mass is 9.98. The van der Waals surface area contributed by atoms with E-state index in [1.54, 1.807) is 0 Å². The van der Waals surface area contributed by atoms with E-state index in [1.807, 2.05) is 16.8 Å². The number of benzene rings is 1. The second-order valence-corrected chi connectivity index (χ2v) is 7.87. The summed E-state index contributed by atoms with van der Waals surface area (Å²) in [6.07, 6.45) is 0. The van der Waals surface area contributed by atoms with Gasteiger partial charge in [0.15, 0.2) is 0 Å². The molecule has 5 nitrogen and oxygen atoms in total. The number of aromatic nitrogens is 2. The summed E-state index contributed by atoms with van der Waals surface area (Å²) in [7, 11) is 4.17. The molecule has 0 fully saturated rings. The highest BCUT2D eigenvalue weighted by molar-refractivity contribution is 5.97. The van der Waals surface area contributed by atoms with E-state index < -0.39 is 0 Å². The molecule has 0 unspecified atom stereocenters. The van der Waals surface area contributed by atoms with Crippen molar-refractivity contribution in [2.24, 2.45) is 0 Å². The summed E-state index contributed by atoms with van der Waals surface area (Å²) in [5.41, 5.74) is 4.78. The van der Waals surface area contributed by atoms with Crippen LogP contribution in [0, 0.1) is 6.92 Å². The Bertz CT molecular complexity index is 759. The zero-order valence-electron chi connectivity index (χ0n) is 17.2. The Labute approximate surface area is 157 Å². The Morgan fingerprint density at radius 2 is 1.81 bits per heavy atom. The zero-order valence-corrected chi connectivity index (χ0v) is 17.2. The van der Waals surface area contributed by atoms with Gasteiger partial charge in [0.1, 0.15) is 0 Å². The summed E-state index contributed by atoms with van der Waals surface area (Å²) < 4.78 is 1.97. The van der Waals surface area contributed by atoms with Gasteiger partial charge in [-0.15, -0.1) is 0 Å². The first kappa shape index (κ1) is 20.2. The number of amides is 1. The van der Waals surface area contributed by atoms with Gasteiger partial charge in [0.05, 0.1) is 49.8 Å². The summed E-state index contributed by atoms with van der Waals surface area (Å²) in [5, 5.41) is 7.96. The number of likely N-dealkylation sites (N-methyl/N-ethyl adjacent to an activating group) is 1. The summed E-state index contributed by atoms with van der Waals surface area (Å²) >= 11 is 0. The minimum absolute atomic E-state index is 0.0153. The smallest absolute Gasteiger partial charge is 0.255 e. The molecule has 0 saturated heterocycles. The summed E-state index contributed by atoms with van der Waals surface area (Å²) in [6, 6.07) is 8.19. The molecule has 1 heterocycles. The number of quaternary nitrogens is 1. The number of aryl methyl sites for hydroxylation is 1. The normalized spacial score (nSPS) is 11.6. The molecule has 0 aliphatic rings. The molecule has 142 valence electrons. The predicted octanol–water partition coefficient (Wildman–Crippen LogP) is 2.30. The molecule has 0 spiro atoms. The van der Waals surface area contributed by atoms with Crippen molar-refractivity contribution in [3.8, 4) is 5.69 Å². The van der Waals surface area contributed by atoms with Gasteiger partial charge in [-0.3, -0.25) is 4.79 Å². The highest BCUT2D eigenvalue weighted by atomic mass is 16.1. The van der Waals surface area contributed by atoms with Crippen molar-refractivity contribution in [3.63, 3.8) is 0 Å². The molecule has 2 N–H and O–H groups in total. The second-order valence-electron chi connectivity index (χ2n) is 7.87. The fraction of sp³-hybridized carbons (Fsp3) is 0.524. The van der Waals surface area contributed by atoms with E-state index in [-0.39, 0.29) is 17.7 Å². The molecule has 0 radical (unpaired) electrons. The van der Waals surface area contributed by atoms with Crippen LogP contribution in [-0.4, -0.2) is 42.9 Å². The summed E-state index contributed by atoms with van der Waals surface area (Å²) in [6.45, 7) is 12.1. The van der Waals surface area contributed by atoms with E-state index >= 15 is 0 Å². The molecule has 0 atom stereocenters. The summed E-state index contributed by atoms with van der Waals surface area (Å²) in [5.74, 6) is 0.353. The van der Waals surface area contributed by atoms with E-state index in [2.05, 4.69) is 66.2 Å². The van der Waals surface area contributed by atoms with E-state index in [9.17, 15) is 4.79 Å². The van der Waals surface area contributed by atoms with Crippen molar-refractivity contribution < 1.29 is 9.69 Å². The Balaban J connectivity index is 2.55.